The van der Waals surface area contributed by atoms with Crippen molar-refractivity contribution in [2.45, 2.75) is 41.5 Å². The summed E-state index contributed by atoms with van der Waals surface area (Å²) in [4.78, 5) is 28.7. The molecule has 0 saturated carbocycles. The van der Waals surface area contributed by atoms with Crippen molar-refractivity contribution in [1.82, 2.24) is 0 Å². The molecule has 1 aliphatic rings. The molecule has 4 nitrogen and oxygen atoms in total. The number of anilines is 2. The van der Waals surface area contributed by atoms with Gasteiger partial charge in [-0.25, -0.2) is 4.90 Å². The summed E-state index contributed by atoms with van der Waals surface area (Å²) in [6, 6.07) is 17.8. The Kier molecular flexibility index (Phi) is 5.47. The van der Waals surface area contributed by atoms with Gasteiger partial charge in [-0.05, 0) is 99.2 Å². The molecule has 0 bridgehead atoms. The zero-order chi connectivity index (χ0) is 23.2. The predicted molar refractivity (Wildman–Crippen MR) is 131 cm³/mol. The summed E-state index contributed by atoms with van der Waals surface area (Å²) in [6.45, 7) is 12.0. The normalized spacial score (nSPS) is 13.9. The van der Waals surface area contributed by atoms with Crippen LogP contribution >= 0.6 is 0 Å². The zero-order valence-electron chi connectivity index (χ0n) is 19.5. The maximum Gasteiger partial charge on any atom is 0.282 e. The lowest BCUT2D eigenvalue weighted by Crippen LogP contribution is -2.32. The topological polar surface area (TPSA) is 49.4 Å². The molecule has 1 N–H and O–H groups in total. The molecule has 1 aliphatic heterocycles. The molecular formula is C28H28N2O2. The van der Waals surface area contributed by atoms with Gasteiger partial charge in [0.2, 0.25) is 0 Å². The van der Waals surface area contributed by atoms with Gasteiger partial charge in [-0.3, -0.25) is 9.59 Å². The van der Waals surface area contributed by atoms with E-state index in [-0.39, 0.29) is 11.8 Å². The monoisotopic (exact) mass is 424 g/mol. The van der Waals surface area contributed by atoms with Gasteiger partial charge < -0.3 is 5.32 Å². The van der Waals surface area contributed by atoms with Crippen molar-refractivity contribution in [2.24, 2.45) is 0 Å². The molecule has 0 atom stereocenters. The Morgan fingerprint density at radius 2 is 1.19 bits per heavy atom. The van der Waals surface area contributed by atoms with E-state index in [1.54, 1.807) is 0 Å². The number of imide groups is 1. The lowest BCUT2D eigenvalue weighted by atomic mass is 9.97. The Bertz CT molecular complexity index is 1260. The minimum absolute atomic E-state index is 0.307. The fourth-order valence-electron chi connectivity index (χ4n) is 4.50. The first-order valence-corrected chi connectivity index (χ1v) is 10.8. The molecule has 32 heavy (non-hydrogen) atoms. The maximum atomic E-state index is 13.7. The number of rotatable bonds is 4. The fraction of sp³-hybridized carbons (Fsp3) is 0.214. The highest BCUT2D eigenvalue weighted by molar-refractivity contribution is 6.46. The minimum Gasteiger partial charge on any atom is -0.350 e. The quantitative estimate of drug-likeness (QED) is 0.528. The predicted octanol–water partition coefficient (Wildman–Crippen LogP) is 5.93. The molecule has 0 spiro atoms. The number of carbonyl (C=O) groups excluding carboxylic acids is 2. The van der Waals surface area contributed by atoms with Crippen LogP contribution in [0.25, 0.3) is 5.57 Å². The number of hydrogen-bond acceptors (Lipinski definition) is 3. The Morgan fingerprint density at radius 1 is 0.625 bits per heavy atom. The average Bonchev–Trinajstić information content (AvgIpc) is 2.90. The number of carbonyl (C=O) groups is 2. The third-order valence-electron chi connectivity index (χ3n) is 5.69. The van der Waals surface area contributed by atoms with Crippen LogP contribution in [0.15, 0.2) is 60.3 Å². The Balaban J connectivity index is 1.89. The molecule has 0 saturated heterocycles. The third-order valence-corrected chi connectivity index (χ3v) is 5.69. The van der Waals surface area contributed by atoms with Crippen molar-refractivity contribution in [3.05, 3.63) is 99.2 Å². The van der Waals surface area contributed by atoms with Gasteiger partial charge in [0.1, 0.15) is 5.70 Å². The number of benzene rings is 3. The molecule has 4 heteroatoms. The van der Waals surface area contributed by atoms with Crippen LogP contribution in [-0.2, 0) is 9.59 Å². The second kappa shape index (κ2) is 8.12. The lowest BCUT2D eigenvalue weighted by Gasteiger charge is -2.17. The van der Waals surface area contributed by atoms with E-state index in [2.05, 4.69) is 11.4 Å². The number of aryl methyl sites for hydroxylation is 6. The van der Waals surface area contributed by atoms with E-state index in [4.69, 9.17) is 0 Å². The van der Waals surface area contributed by atoms with E-state index in [0.29, 0.717) is 17.0 Å². The first kappa shape index (κ1) is 21.6. The van der Waals surface area contributed by atoms with Gasteiger partial charge in [0.25, 0.3) is 11.8 Å². The van der Waals surface area contributed by atoms with Gasteiger partial charge in [0, 0.05) is 5.69 Å². The van der Waals surface area contributed by atoms with Gasteiger partial charge in [0.05, 0.1) is 11.3 Å². The first-order valence-electron chi connectivity index (χ1n) is 10.8. The van der Waals surface area contributed by atoms with Crippen LogP contribution in [0.2, 0.25) is 0 Å². The molecule has 0 unspecified atom stereocenters. The van der Waals surface area contributed by atoms with Crippen LogP contribution in [0.1, 0.15) is 38.9 Å². The molecule has 1 heterocycles. The van der Waals surface area contributed by atoms with Crippen LogP contribution < -0.4 is 10.2 Å². The van der Waals surface area contributed by atoms with Crippen molar-refractivity contribution < 1.29 is 9.59 Å². The van der Waals surface area contributed by atoms with Crippen LogP contribution in [0.5, 0.6) is 0 Å². The standard InChI is InChI=1S/C28H28N2O2/c1-16-7-8-24(21(6)11-16)25-26(29-22-12-17(2)9-18(3)13-22)28(32)30(27(25)31)23-14-19(4)10-20(5)15-23/h7-15,29H,1-6H3. The second-order valence-electron chi connectivity index (χ2n) is 8.86. The van der Waals surface area contributed by atoms with Crippen molar-refractivity contribution in [1.29, 1.82) is 0 Å². The van der Waals surface area contributed by atoms with E-state index >= 15 is 0 Å². The average molecular weight is 425 g/mol. The highest BCUT2D eigenvalue weighted by Gasteiger charge is 2.40. The molecule has 0 aromatic heterocycles. The number of amides is 2. The SMILES string of the molecule is Cc1cc(C)cc(NC2=C(c3ccc(C)cc3C)C(=O)N(c3cc(C)cc(C)c3)C2=O)c1. The largest absolute Gasteiger partial charge is 0.350 e. The summed E-state index contributed by atoms with van der Waals surface area (Å²) >= 11 is 0. The first-order chi connectivity index (χ1) is 15.1. The number of hydrogen-bond donors (Lipinski definition) is 1. The summed E-state index contributed by atoms with van der Waals surface area (Å²) in [5.74, 6) is -0.645. The summed E-state index contributed by atoms with van der Waals surface area (Å²) in [6.07, 6.45) is 0. The molecule has 4 rings (SSSR count). The lowest BCUT2D eigenvalue weighted by molar-refractivity contribution is -0.120. The van der Waals surface area contributed by atoms with E-state index < -0.39 is 0 Å². The van der Waals surface area contributed by atoms with Gasteiger partial charge in [-0.15, -0.1) is 0 Å². The molecule has 0 aliphatic carbocycles. The maximum absolute atomic E-state index is 13.7. The smallest absolute Gasteiger partial charge is 0.282 e. The van der Waals surface area contributed by atoms with Crippen molar-refractivity contribution in [2.75, 3.05) is 10.2 Å². The molecule has 2 amide bonds. The summed E-state index contributed by atoms with van der Waals surface area (Å²) in [5.41, 5.74) is 9.13. The summed E-state index contributed by atoms with van der Waals surface area (Å²) < 4.78 is 0. The fourth-order valence-corrected chi connectivity index (χ4v) is 4.50. The third kappa shape index (κ3) is 3.96. The summed E-state index contributed by atoms with van der Waals surface area (Å²) in [7, 11) is 0. The zero-order valence-corrected chi connectivity index (χ0v) is 19.5. The Morgan fingerprint density at radius 3 is 1.75 bits per heavy atom. The van der Waals surface area contributed by atoms with E-state index in [1.165, 1.54) is 4.90 Å². The van der Waals surface area contributed by atoms with Gasteiger partial charge >= 0.3 is 0 Å². The molecular weight excluding hydrogens is 396 g/mol. The molecule has 3 aromatic carbocycles. The van der Waals surface area contributed by atoms with Gasteiger partial charge in [-0.2, -0.15) is 0 Å². The molecule has 0 radical (unpaired) electrons. The van der Waals surface area contributed by atoms with E-state index in [1.807, 2.05) is 90.1 Å². The second-order valence-corrected chi connectivity index (χ2v) is 8.86. The highest BCUT2D eigenvalue weighted by Crippen LogP contribution is 2.36. The van der Waals surface area contributed by atoms with Crippen molar-refractivity contribution >= 4 is 28.8 Å². The van der Waals surface area contributed by atoms with Crippen LogP contribution in [-0.4, -0.2) is 11.8 Å². The van der Waals surface area contributed by atoms with E-state index in [9.17, 15) is 9.59 Å². The summed E-state index contributed by atoms with van der Waals surface area (Å²) in [5, 5.41) is 3.29. The van der Waals surface area contributed by atoms with Gasteiger partial charge in [0.15, 0.2) is 0 Å². The number of nitrogens with one attached hydrogen (secondary N) is 1. The van der Waals surface area contributed by atoms with E-state index in [0.717, 1.165) is 44.6 Å². The number of nitrogens with zero attached hydrogens (tertiary/aromatic N) is 1. The van der Waals surface area contributed by atoms with Crippen LogP contribution in [0.4, 0.5) is 11.4 Å². The van der Waals surface area contributed by atoms with Crippen molar-refractivity contribution in [3.8, 4) is 0 Å². The minimum atomic E-state index is -0.339. The molecule has 162 valence electrons. The molecule has 3 aromatic rings. The van der Waals surface area contributed by atoms with Crippen LogP contribution in [0, 0.1) is 41.5 Å². The Hall–Kier alpha value is -3.66. The van der Waals surface area contributed by atoms with Gasteiger partial charge in [-0.1, -0.05) is 35.9 Å². The molecule has 0 fully saturated rings. The van der Waals surface area contributed by atoms with Crippen LogP contribution in [0.3, 0.4) is 0 Å². The van der Waals surface area contributed by atoms with Crippen molar-refractivity contribution in [3.63, 3.8) is 0 Å². The Labute approximate surface area is 189 Å². The highest BCUT2D eigenvalue weighted by atomic mass is 16.2.